The molecule has 0 unspecified atom stereocenters. The highest BCUT2D eigenvalue weighted by Gasteiger charge is 2.14. The molecule has 1 aromatic rings. The number of hydrogen-bond donors (Lipinski definition) is 1. The summed E-state index contributed by atoms with van der Waals surface area (Å²) in [6.07, 6.45) is 0.781. The van der Waals surface area contributed by atoms with Gasteiger partial charge in [0, 0.05) is 0 Å². The van der Waals surface area contributed by atoms with Crippen molar-refractivity contribution in [1.29, 1.82) is 0 Å². The fraction of sp³-hybridized carbons (Fsp3) is 0.222. The van der Waals surface area contributed by atoms with Crippen molar-refractivity contribution in [2.45, 2.75) is 6.32 Å². The smallest absolute Gasteiger partial charge is 0.329 e. The molecule has 0 aliphatic rings. The Morgan fingerprint density at radius 2 is 2.12 bits per heavy atom. The number of rotatable bonds is 4. The van der Waals surface area contributed by atoms with Gasteiger partial charge in [0.2, 0.25) is 0 Å². The highest BCUT2D eigenvalue weighted by atomic mass is 32.2. The summed E-state index contributed by atoms with van der Waals surface area (Å²) in [5.74, 6) is -1.77. The van der Waals surface area contributed by atoms with E-state index in [0.717, 1.165) is 11.9 Å². The van der Waals surface area contributed by atoms with Crippen LogP contribution in [-0.4, -0.2) is 32.5 Å². The van der Waals surface area contributed by atoms with Gasteiger partial charge in [-0.05, 0) is 12.1 Å². The largest absolute Gasteiger partial charge is 0.426 e. The molecule has 0 spiro atoms. The van der Waals surface area contributed by atoms with E-state index in [9.17, 15) is 13.2 Å². The van der Waals surface area contributed by atoms with Crippen LogP contribution >= 0.6 is 0 Å². The van der Waals surface area contributed by atoms with Crippen molar-refractivity contribution in [3.05, 3.63) is 29.8 Å². The van der Waals surface area contributed by atoms with E-state index in [1.54, 1.807) is 18.2 Å². The predicted molar refractivity (Wildman–Crippen MR) is 60.7 cm³/mol. The number of benzene rings is 1. The normalized spacial score (nSPS) is 11.1. The molecular formula is C9H11BO5S. The van der Waals surface area contributed by atoms with Crippen molar-refractivity contribution < 1.29 is 22.5 Å². The molecule has 0 aliphatic carbocycles. The lowest BCUT2D eigenvalue weighted by Gasteiger charge is -2.04. The molecular weight excluding hydrogens is 231 g/mol. The van der Waals surface area contributed by atoms with E-state index in [1.807, 2.05) is 13.9 Å². The SMILES string of the molecule is BCc1cccc(OC(=O)CS(=O)(=O)O)c1. The molecule has 0 bridgehead atoms. The molecule has 86 valence electrons. The maximum absolute atomic E-state index is 11.1. The first-order chi connectivity index (χ1) is 7.40. The Labute approximate surface area is 94.6 Å². The van der Waals surface area contributed by atoms with Gasteiger partial charge in [-0.2, -0.15) is 8.42 Å². The van der Waals surface area contributed by atoms with Crippen LogP contribution in [0.2, 0.25) is 0 Å². The Balaban J connectivity index is 2.70. The zero-order chi connectivity index (χ0) is 12.2. The van der Waals surface area contributed by atoms with Gasteiger partial charge in [0.1, 0.15) is 13.6 Å². The zero-order valence-electron chi connectivity index (χ0n) is 8.71. The van der Waals surface area contributed by atoms with E-state index in [1.165, 1.54) is 0 Å². The summed E-state index contributed by atoms with van der Waals surface area (Å²) < 4.78 is 34.0. The fourth-order valence-corrected chi connectivity index (χ4v) is 1.50. The first-order valence-electron chi connectivity index (χ1n) is 4.65. The van der Waals surface area contributed by atoms with E-state index < -0.39 is 21.8 Å². The van der Waals surface area contributed by atoms with Crippen LogP contribution in [-0.2, 0) is 21.2 Å². The number of esters is 1. The molecule has 0 saturated carbocycles. The first kappa shape index (κ1) is 12.7. The molecule has 0 atom stereocenters. The van der Waals surface area contributed by atoms with Gasteiger partial charge in [-0.1, -0.05) is 24.0 Å². The van der Waals surface area contributed by atoms with Crippen molar-refractivity contribution in [2.24, 2.45) is 0 Å². The predicted octanol–water partition coefficient (Wildman–Crippen LogP) is -0.387. The van der Waals surface area contributed by atoms with Crippen molar-refractivity contribution in [3.8, 4) is 5.75 Å². The Morgan fingerprint density at radius 3 is 2.69 bits per heavy atom. The molecule has 1 aromatic carbocycles. The highest BCUT2D eigenvalue weighted by Crippen LogP contribution is 2.13. The van der Waals surface area contributed by atoms with Gasteiger partial charge in [0.05, 0.1) is 0 Å². The van der Waals surface area contributed by atoms with Gasteiger partial charge in [-0.15, -0.1) is 0 Å². The molecule has 1 N–H and O–H groups in total. The summed E-state index contributed by atoms with van der Waals surface area (Å²) in [4.78, 5) is 11.1. The Kier molecular flexibility index (Phi) is 4.08. The van der Waals surface area contributed by atoms with Crippen LogP contribution in [0.25, 0.3) is 0 Å². The highest BCUT2D eigenvalue weighted by molar-refractivity contribution is 7.86. The summed E-state index contributed by atoms with van der Waals surface area (Å²) in [6.45, 7) is 0. The monoisotopic (exact) mass is 242 g/mol. The summed E-state index contributed by atoms with van der Waals surface area (Å²) in [7, 11) is -2.39. The van der Waals surface area contributed by atoms with E-state index in [4.69, 9.17) is 9.29 Å². The Hall–Kier alpha value is -1.34. The van der Waals surface area contributed by atoms with Crippen LogP contribution in [0.15, 0.2) is 24.3 Å². The van der Waals surface area contributed by atoms with E-state index in [2.05, 4.69) is 0 Å². The molecule has 16 heavy (non-hydrogen) atoms. The van der Waals surface area contributed by atoms with E-state index in [0.29, 0.717) is 0 Å². The van der Waals surface area contributed by atoms with Gasteiger partial charge in [0.15, 0.2) is 5.75 Å². The molecule has 0 aliphatic heterocycles. The number of ether oxygens (including phenoxy) is 1. The number of carbonyl (C=O) groups is 1. The molecule has 0 saturated heterocycles. The van der Waals surface area contributed by atoms with Gasteiger partial charge in [-0.25, -0.2) is 0 Å². The molecule has 0 radical (unpaired) electrons. The maximum Gasteiger partial charge on any atom is 0.329 e. The zero-order valence-corrected chi connectivity index (χ0v) is 9.53. The van der Waals surface area contributed by atoms with Crippen LogP contribution in [0.3, 0.4) is 0 Å². The maximum atomic E-state index is 11.1. The van der Waals surface area contributed by atoms with Crippen molar-refractivity contribution in [3.63, 3.8) is 0 Å². The van der Waals surface area contributed by atoms with Crippen LogP contribution in [0.4, 0.5) is 0 Å². The third-order valence-corrected chi connectivity index (χ3v) is 2.44. The lowest BCUT2D eigenvalue weighted by molar-refractivity contribution is -0.131. The topological polar surface area (TPSA) is 80.7 Å². The average Bonchev–Trinajstić information content (AvgIpc) is 2.15. The molecule has 5 nitrogen and oxygen atoms in total. The summed E-state index contributed by atoms with van der Waals surface area (Å²) >= 11 is 0. The van der Waals surface area contributed by atoms with Crippen molar-refractivity contribution >= 4 is 23.9 Å². The second kappa shape index (κ2) is 5.13. The van der Waals surface area contributed by atoms with Crippen molar-refractivity contribution in [2.75, 3.05) is 5.75 Å². The van der Waals surface area contributed by atoms with Gasteiger partial charge in [0.25, 0.3) is 10.1 Å². The minimum atomic E-state index is -4.33. The van der Waals surface area contributed by atoms with E-state index in [-0.39, 0.29) is 5.75 Å². The first-order valence-corrected chi connectivity index (χ1v) is 6.26. The average molecular weight is 242 g/mol. The minimum Gasteiger partial charge on any atom is -0.426 e. The van der Waals surface area contributed by atoms with Crippen molar-refractivity contribution in [1.82, 2.24) is 0 Å². The molecule has 0 fully saturated rings. The van der Waals surface area contributed by atoms with Crippen LogP contribution < -0.4 is 4.74 Å². The Bertz CT molecular complexity index is 482. The van der Waals surface area contributed by atoms with Crippen LogP contribution in [0.1, 0.15) is 5.56 Å². The lowest BCUT2D eigenvalue weighted by atomic mass is 9.97. The molecule has 0 heterocycles. The fourth-order valence-electron chi connectivity index (χ4n) is 1.14. The van der Waals surface area contributed by atoms with Gasteiger partial charge >= 0.3 is 5.97 Å². The molecule has 0 aromatic heterocycles. The quantitative estimate of drug-likeness (QED) is 0.336. The molecule has 1 rings (SSSR count). The second-order valence-electron chi connectivity index (χ2n) is 3.20. The third kappa shape index (κ3) is 4.46. The number of carbonyl (C=O) groups excluding carboxylic acids is 1. The summed E-state index contributed by atoms with van der Waals surface area (Å²) in [5, 5.41) is 0. The summed E-state index contributed by atoms with van der Waals surface area (Å²) in [5.41, 5.74) is 0.970. The summed E-state index contributed by atoms with van der Waals surface area (Å²) in [6, 6.07) is 6.75. The molecule has 7 heteroatoms. The van der Waals surface area contributed by atoms with Crippen LogP contribution in [0, 0.1) is 0 Å². The Morgan fingerprint density at radius 1 is 1.44 bits per heavy atom. The van der Waals surface area contributed by atoms with Gasteiger partial charge < -0.3 is 4.74 Å². The van der Waals surface area contributed by atoms with Gasteiger partial charge in [-0.3, -0.25) is 9.35 Å². The van der Waals surface area contributed by atoms with Crippen LogP contribution in [0.5, 0.6) is 5.75 Å². The standard InChI is InChI=1S/C9H11BO5S/c10-5-7-2-1-3-8(4-7)15-9(11)6-16(12,13)14/h1-4H,5-6,10H2,(H,12,13,14). The second-order valence-corrected chi connectivity index (χ2v) is 4.65. The number of hydrogen-bond acceptors (Lipinski definition) is 4. The minimum absolute atomic E-state index is 0.271. The lowest BCUT2D eigenvalue weighted by Crippen LogP contribution is -2.20. The third-order valence-electron chi connectivity index (χ3n) is 1.84. The molecule has 0 amide bonds. The van der Waals surface area contributed by atoms with E-state index >= 15 is 0 Å².